The Hall–Kier alpha value is -5.36. The monoisotopic (exact) mass is 524 g/mol. The predicted molar refractivity (Wildman–Crippen MR) is 154 cm³/mol. The number of hydrogen-bond donors (Lipinski definition) is 0. The van der Waals surface area contributed by atoms with Gasteiger partial charge in [-0.2, -0.15) is 0 Å². The van der Waals surface area contributed by atoms with Crippen LogP contribution in [0.15, 0.2) is 121 Å². The Bertz CT molecular complexity index is 1520. The molecule has 0 radical (unpaired) electrons. The van der Waals surface area contributed by atoms with Crippen molar-refractivity contribution in [2.75, 3.05) is 9.80 Å². The topological polar surface area (TPSA) is 74.8 Å². The summed E-state index contributed by atoms with van der Waals surface area (Å²) >= 11 is 0. The van der Waals surface area contributed by atoms with Gasteiger partial charge < -0.3 is 0 Å². The average molecular weight is 525 g/mol. The molecule has 6 nitrogen and oxygen atoms in total. The van der Waals surface area contributed by atoms with Crippen molar-refractivity contribution in [3.63, 3.8) is 0 Å². The van der Waals surface area contributed by atoms with Crippen molar-refractivity contribution < 1.29 is 19.2 Å². The maximum atomic E-state index is 11.9. The third-order valence-corrected chi connectivity index (χ3v) is 7.07. The van der Waals surface area contributed by atoms with E-state index < -0.39 is 0 Å². The van der Waals surface area contributed by atoms with Gasteiger partial charge in [0.1, 0.15) is 0 Å². The molecule has 2 aliphatic heterocycles. The fraction of sp³-hybridized carbons (Fsp3) is 0.0588. The molecular weight excluding hydrogens is 500 g/mol. The van der Waals surface area contributed by atoms with Gasteiger partial charge in [-0.15, -0.1) is 0 Å². The van der Waals surface area contributed by atoms with Gasteiger partial charge >= 0.3 is 0 Å². The van der Waals surface area contributed by atoms with Crippen LogP contribution in [0.25, 0.3) is 11.1 Å². The molecule has 0 aromatic heterocycles. The number of nitrogens with zero attached hydrogens (tertiary/aromatic N) is 2. The first-order chi connectivity index (χ1) is 19.4. The van der Waals surface area contributed by atoms with E-state index in [2.05, 4.69) is 48.5 Å². The Balaban J connectivity index is 1.07. The van der Waals surface area contributed by atoms with Gasteiger partial charge in [0.15, 0.2) is 0 Å². The van der Waals surface area contributed by atoms with Gasteiger partial charge in [0.05, 0.1) is 11.4 Å². The van der Waals surface area contributed by atoms with E-state index in [-0.39, 0.29) is 23.6 Å². The molecule has 6 heteroatoms. The second-order valence-electron chi connectivity index (χ2n) is 9.77. The highest BCUT2D eigenvalue weighted by molar-refractivity contribution is 6.28. The fourth-order valence-corrected chi connectivity index (χ4v) is 4.94. The van der Waals surface area contributed by atoms with Crippen LogP contribution in [0.2, 0.25) is 0 Å². The summed E-state index contributed by atoms with van der Waals surface area (Å²) in [6.07, 6.45) is 6.63. The lowest BCUT2D eigenvalue weighted by Crippen LogP contribution is -2.29. The molecule has 0 saturated carbocycles. The predicted octanol–water partition coefficient (Wildman–Crippen LogP) is 5.39. The van der Waals surface area contributed by atoms with E-state index in [4.69, 9.17) is 0 Å². The van der Waals surface area contributed by atoms with Crippen LogP contribution >= 0.6 is 0 Å². The van der Waals surface area contributed by atoms with Gasteiger partial charge in [0.25, 0.3) is 23.6 Å². The molecule has 4 aromatic carbocycles. The molecule has 0 atom stereocenters. The van der Waals surface area contributed by atoms with Crippen LogP contribution in [0.3, 0.4) is 0 Å². The molecule has 4 amide bonds. The van der Waals surface area contributed by atoms with E-state index in [1.54, 1.807) is 24.3 Å². The Morgan fingerprint density at radius 3 is 0.875 bits per heavy atom. The van der Waals surface area contributed by atoms with Crippen molar-refractivity contribution in [3.8, 4) is 11.1 Å². The Kier molecular flexibility index (Phi) is 6.50. The number of imide groups is 2. The van der Waals surface area contributed by atoms with Crippen molar-refractivity contribution in [3.05, 3.63) is 144 Å². The Morgan fingerprint density at radius 1 is 0.350 bits per heavy atom. The van der Waals surface area contributed by atoms with E-state index in [0.29, 0.717) is 11.4 Å². The zero-order valence-corrected chi connectivity index (χ0v) is 21.5. The molecule has 40 heavy (non-hydrogen) atoms. The molecule has 0 spiro atoms. The molecule has 2 heterocycles. The van der Waals surface area contributed by atoms with Crippen LogP contribution in [0, 0.1) is 0 Å². The largest absolute Gasteiger partial charge is 0.269 e. The Morgan fingerprint density at radius 2 is 0.600 bits per heavy atom. The van der Waals surface area contributed by atoms with Gasteiger partial charge in [-0.05, 0) is 70.5 Å². The minimum atomic E-state index is -0.316. The quantitative estimate of drug-likeness (QED) is 0.304. The molecule has 0 fully saturated rings. The number of amides is 4. The van der Waals surface area contributed by atoms with Gasteiger partial charge in [-0.25, -0.2) is 9.80 Å². The van der Waals surface area contributed by atoms with Crippen molar-refractivity contribution in [1.82, 2.24) is 0 Å². The zero-order valence-electron chi connectivity index (χ0n) is 21.5. The smallest absolute Gasteiger partial charge is 0.258 e. The first kappa shape index (κ1) is 24.9. The highest BCUT2D eigenvalue weighted by atomic mass is 16.2. The number of rotatable bonds is 7. The molecule has 4 aromatic rings. The molecule has 0 unspecified atom stereocenters. The minimum Gasteiger partial charge on any atom is -0.269 e. The lowest BCUT2D eigenvalue weighted by molar-refractivity contribution is -0.121. The molecule has 0 N–H and O–H groups in total. The summed E-state index contributed by atoms with van der Waals surface area (Å²) in [4.78, 5) is 49.8. The van der Waals surface area contributed by atoms with Crippen LogP contribution in [0.4, 0.5) is 11.4 Å². The van der Waals surface area contributed by atoms with Crippen LogP contribution in [0.1, 0.15) is 22.3 Å². The molecule has 194 valence electrons. The molecular formula is C34H24N2O4. The minimum absolute atomic E-state index is 0.316. The van der Waals surface area contributed by atoms with E-state index >= 15 is 0 Å². The number of benzene rings is 4. The number of carbonyl (C=O) groups is 4. The van der Waals surface area contributed by atoms with Crippen molar-refractivity contribution in [1.29, 1.82) is 0 Å². The normalized spacial score (nSPS) is 14.6. The van der Waals surface area contributed by atoms with Crippen LogP contribution < -0.4 is 9.80 Å². The maximum Gasteiger partial charge on any atom is 0.258 e. The van der Waals surface area contributed by atoms with E-state index in [0.717, 1.165) is 35.1 Å². The molecule has 0 saturated heterocycles. The first-order valence-corrected chi connectivity index (χ1v) is 12.9. The molecule has 0 aliphatic carbocycles. The van der Waals surface area contributed by atoms with Crippen molar-refractivity contribution >= 4 is 35.0 Å². The van der Waals surface area contributed by atoms with E-state index in [9.17, 15) is 19.2 Å². The summed E-state index contributed by atoms with van der Waals surface area (Å²) in [6, 6.07) is 31.9. The summed E-state index contributed by atoms with van der Waals surface area (Å²) in [5.74, 6) is -1.27. The first-order valence-electron chi connectivity index (χ1n) is 12.9. The molecule has 0 bridgehead atoms. The third-order valence-electron chi connectivity index (χ3n) is 7.07. The highest BCUT2D eigenvalue weighted by Crippen LogP contribution is 2.25. The summed E-state index contributed by atoms with van der Waals surface area (Å²) in [5, 5.41) is 0. The van der Waals surface area contributed by atoms with Gasteiger partial charge in [-0.3, -0.25) is 19.2 Å². The summed E-state index contributed by atoms with van der Waals surface area (Å²) in [7, 11) is 0. The third kappa shape index (κ3) is 5.02. The van der Waals surface area contributed by atoms with Crippen molar-refractivity contribution in [2.24, 2.45) is 0 Å². The van der Waals surface area contributed by atoms with Crippen molar-refractivity contribution in [2.45, 2.75) is 12.8 Å². The van der Waals surface area contributed by atoms with Crippen LogP contribution in [-0.4, -0.2) is 23.6 Å². The lowest BCUT2D eigenvalue weighted by Gasteiger charge is -2.14. The summed E-state index contributed by atoms with van der Waals surface area (Å²) in [6.45, 7) is 0. The highest BCUT2D eigenvalue weighted by Gasteiger charge is 2.25. The maximum absolute atomic E-state index is 11.9. The van der Waals surface area contributed by atoms with E-state index in [1.165, 1.54) is 45.2 Å². The second-order valence-corrected chi connectivity index (χ2v) is 9.77. The zero-order chi connectivity index (χ0) is 27.6. The van der Waals surface area contributed by atoms with Gasteiger partial charge in [-0.1, -0.05) is 72.8 Å². The average Bonchev–Trinajstić information content (AvgIpc) is 3.49. The lowest BCUT2D eigenvalue weighted by atomic mass is 9.98. The molecule has 6 rings (SSSR count). The summed E-state index contributed by atoms with van der Waals surface area (Å²) < 4.78 is 0. The Labute approximate surface area is 231 Å². The fourth-order valence-electron chi connectivity index (χ4n) is 4.94. The number of hydrogen-bond acceptors (Lipinski definition) is 4. The van der Waals surface area contributed by atoms with Gasteiger partial charge in [0, 0.05) is 24.3 Å². The van der Waals surface area contributed by atoms with Gasteiger partial charge in [0.2, 0.25) is 0 Å². The molecule has 2 aliphatic rings. The van der Waals surface area contributed by atoms with E-state index in [1.807, 2.05) is 24.3 Å². The second kappa shape index (κ2) is 10.4. The summed E-state index contributed by atoms with van der Waals surface area (Å²) in [5.41, 5.74) is 7.93. The van der Waals surface area contributed by atoms with Crippen LogP contribution in [-0.2, 0) is 32.0 Å². The standard InChI is InChI=1S/C34H24N2O4/c37-31-17-18-32(38)35(31)29-13-5-25(6-14-29)21-23-1-9-27(10-2-23)28-11-3-24(4-12-28)22-26-7-15-30(16-8-26)36-33(39)19-20-34(36)40/h1-20H,21-22H2. The van der Waals surface area contributed by atoms with Crippen LogP contribution in [0.5, 0.6) is 0 Å². The number of anilines is 2. The number of carbonyl (C=O) groups excluding carboxylic acids is 4. The SMILES string of the molecule is O=C1C=CC(=O)N1c1ccc(Cc2ccc(-c3ccc(Cc4ccc(N5C(=O)C=CC5=O)cc4)cc3)cc2)cc1.